The van der Waals surface area contributed by atoms with Gasteiger partial charge in [0, 0.05) is 5.41 Å². The van der Waals surface area contributed by atoms with Crippen LogP contribution in [0, 0.1) is 5.41 Å². The van der Waals surface area contributed by atoms with Crippen molar-refractivity contribution in [2.45, 2.75) is 20.8 Å². The summed E-state index contributed by atoms with van der Waals surface area (Å²) in [6.07, 6.45) is 0. The minimum absolute atomic E-state index is 0.00287. The number of hydrogen-bond donors (Lipinski definition) is 2. The first-order chi connectivity index (χ1) is 4.04. The average Bonchev–Trinajstić information content (AvgIpc) is 1.86. The van der Waals surface area contributed by atoms with Crippen molar-refractivity contribution in [1.82, 2.24) is 0 Å². The van der Waals surface area contributed by atoms with E-state index >= 15 is 0 Å². The van der Waals surface area contributed by atoms with Gasteiger partial charge >= 0.3 is 0 Å². The molecule has 0 saturated carbocycles. The highest BCUT2D eigenvalue weighted by Crippen LogP contribution is 2.15. The van der Waals surface area contributed by atoms with Gasteiger partial charge in [0.15, 0.2) is 0 Å². The van der Waals surface area contributed by atoms with E-state index in [0.29, 0.717) is 5.71 Å². The Bertz CT molecular complexity index is 118. The zero-order chi connectivity index (χ0) is 7.49. The van der Waals surface area contributed by atoms with E-state index < -0.39 is 5.41 Å². The van der Waals surface area contributed by atoms with Gasteiger partial charge in [0.2, 0.25) is 0 Å². The number of nitrogens with zero attached hydrogens (tertiary/aromatic N) is 1. The van der Waals surface area contributed by atoms with Crippen molar-refractivity contribution in [3.8, 4) is 0 Å². The summed E-state index contributed by atoms with van der Waals surface area (Å²) in [5.74, 6) is 0. The zero-order valence-electron chi connectivity index (χ0n) is 6.05. The van der Waals surface area contributed by atoms with Crippen LogP contribution in [0.3, 0.4) is 0 Å². The zero-order valence-corrected chi connectivity index (χ0v) is 6.05. The summed E-state index contributed by atoms with van der Waals surface area (Å²) in [5.41, 5.74) is 0.152. The monoisotopic (exact) mass is 131 g/mol. The summed E-state index contributed by atoms with van der Waals surface area (Å²) >= 11 is 0. The molecule has 0 amide bonds. The molecule has 0 aromatic rings. The van der Waals surface area contributed by atoms with Crippen LogP contribution >= 0.6 is 0 Å². The molecule has 0 fully saturated rings. The smallest absolute Gasteiger partial charge is 0.0618 e. The Labute approximate surface area is 55.0 Å². The summed E-state index contributed by atoms with van der Waals surface area (Å²) in [6.45, 7) is 5.29. The molecule has 54 valence electrons. The summed E-state index contributed by atoms with van der Waals surface area (Å²) in [4.78, 5) is 0. The molecule has 0 radical (unpaired) electrons. The van der Waals surface area contributed by atoms with Gasteiger partial charge in [-0.25, -0.2) is 0 Å². The number of hydrogen-bond acceptors (Lipinski definition) is 3. The molecule has 3 nitrogen and oxygen atoms in total. The predicted octanol–water partition coefficient (Wildman–Crippen LogP) is 0.855. The second-order valence-electron chi connectivity index (χ2n) is 2.73. The Morgan fingerprint density at radius 2 is 2.00 bits per heavy atom. The first kappa shape index (κ1) is 8.43. The second-order valence-corrected chi connectivity index (χ2v) is 2.73. The SMILES string of the molecule is C/C(=N/O)C(C)(C)CO. The minimum Gasteiger partial charge on any atom is -0.411 e. The third-order valence-corrected chi connectivity index (χ3v) is 1.52. The van der Waals surface area contributed by atoms with Crippen molar-refractivity contribution in [3.05, 3.63) is 0 Å². The van der Waals surface area contributed by atoms with Gasteiger partial charge in [-0.05, 0) is 6.92 Å². The van der Waals surface area contributed by atoms with Gasteiger partial charge in [-0.2, -0.15) is 0 Å². The summed E-state index contributed by atoms with van der Waals surface area (Å²) < 4.78 is 0. The largest absolute Gasteiger partial charge is 0.411 e. The number of oxime groups is 1. The van der Waals surface area contributed by atoms with Crippen LogP contribution in [0.1, 0.15) is 20.8 Å². The van der Waals surface area contributed by atoms with E-state index in [9.17, 15) is 0 Å². The molecule has 0 aliphatic rings. The van der Waals surface area contributed by atoms with Crippen molar-refractivity contribution >= 4 is 5.71 Å². The summed E-state index contributed by atoms with van der Waals surface area (Å²) in [6, 6.07) is 0. The molecular formula is C6H13NO2. The van der Waals surface area contributed by atoms with Gasteiger partial charge in [0.1, 0.15) is 0 Å². The molecule has 0 aliphatic carbocycles. The Morgan fingerprint density at radius 1 is 1.56 bits per heavy atom. The molecule has 3 heteroatoms. The van der Waals surface area contributed by atoms with Crippen LogP contribution in [-0.4, -0.2) is 22.6 Å². The molecule has 0 heterocycles. The third-order valence-electron chi connectivity index (χ3n) is 1.52. The molecule has 0 aromatic carbocycles. The summed E-state index contributed by atoms with van der Waals surface area (Å²) in [5, 5.41) is 20.0. The molecule has 9 heavy (non-hydrogen) atoms. The lowest BCUT2D eigenvalue weighted by atomic mass is 9.90. The van der Waals surface area contributed by atoms with Crippen LogP contribution in [-0.2, 0) is 0 Å². The van der Waals surface area contributed by atoms with Gasteiger partial charge in [0.25, 0.3) is 0 Å². The highest BCUT2D eigenvalue weighted by atomic mass is 16.4. The Morgan fingerprint density at radius 3 is 2.11 bits per heavy atom. The van der Waals surface area contributed by atoms with Gasteiger partial charge in [-0.1, -0.05) is 19.0 Å². The normalized spacial score (nSPS) is 14.0. The molecule has 0 aromatic heterocycles. The van der Waals surface area contributed by atoms with Crippen molar-refractivity contribution in [3.63, 3.8) is 0 Å². The maximum Gasteiger partial charge on any atom is 0.0618 e. The van der Waals surface area contributed by atoms with Crippen LogP contribution < -0.4 is 0 Å². The highest BCUT2D eigenvalue weighted by Gasteiger charge is 2.20. The standard InChI is InChI=1S/C6H13NO2/c1-5(7-9)6(2,3)4-8/h8-9H,4H2,1-3H3/b7-5-. The molecule has 0 unspecified atom stereocenters. The first-order valence-corrected chi connectivity index (χ1v) is 2.84. The molecule has 0 spiro atoms. The minimum atomic E-state index is -0.394. The second kappa shape index (κ2) is 2.82. The number of aliphatic hydroxyl groups is 1. The fraction of sp³-hybridized carbons (Fsp3) is 0.833. The fourth-order valence-electron chi connectivity index (χ4n) is 0.250. The Hall–Kier alpha value is -0.570. The van der Waals surface area contributed by atoms with Crippen LogP contribution in [0.2, 0.25) is 0 Å². The maximum absolute atomic E-state index is 8.70. The molecule has 0 aliphatic heterocycles. The number of aliphatic hydroxyl groups excluding tert-OH is 1. The van der Waals surface area contributed by atoms with E-state index in [0.717, 1.165) is 0 Å². The van der Waals surface area contributed by atoms with Gasteiger partial charge < -0.3 is 10.3 Å². The molecule has 2 N–H and O–H groups in total. The fourth-order valence-corrected chi connectivity index (χ4v) is 0.250. The van der Waals surface area contributed by atoms with E-state index in [1.165, 1.54) is 0 Å². The van der Waals surface area contributed by atoms with Crippen LogP contribution in [0.15, 0.2) is 5.16 Å². The average molecular weight is 131 g/mol. The predicted molar refractivity (Wildman–Crippen MR) is 35.8 cm³/mol. The van der Waals surface area contributed by atoms with Crippen LogP contribution in [0.4, 0.5) is 0 Å². The van der Waals surface area contributed by atoms with Crippen LogP contribution in [0.5, 0.6) is 0 Å². The lowest BCUT2D eigenvalue weighted by molar-refractivity contribution is 0.206. The molecular weight excluding hydrogens is 118 g/mol. The third kappa shape index (κ3) is 2.01. The van der Waals surface area contributed by atoms with Gasteiger partial charge in [-0.3, -0.25) is 0 Å². The molecule has 0 rings (SSSR count). The van der Waals surface area contributed by atoms with E-state index in [-0.39, 0.29) is 6.61 Å². The Kier molecular flexibility index (Phi) is 2.65. The molecule has 0 saturated heterocycles. The van der Waals surface area contributed by atoms with Crippen molar-refractivity contribution in [2.24, 2.45) is 10.6 Å². The Balaban J connectivity index is 4.14. The topological polar surface area (TPSA) is 52.8 Å². The van der Waals surface area contributed by atoms with E-state index in [1.807, 2.05) is 13.8 Å². The maximum atomic E-state index is 8.70. The van der Waals surface area contributed by atoms with Crippen molar-refractivity contribution in [1.29, 1.82) is 0 Å². The molecule has 0 atom stereocenters. The van der Waals surface area contributed by atoms with Gasteiger partial charge in [-0.15, -0.1) is 0 Å². The quantitative estimate of drug-likeness (QED) is 0.331. The first-order valence-electron chi connectivity index (χ1n) is 2.84. The van der Waals surface area contributed by atoms with E-state index in [2.05, 4.69) is 5.16 Å². The van der Waals surface area contributed by atoms with E-state index in [1.54, 1.807) is 6.92 Å². The highest BCUT2D eigenvalue weighted by molar-refractivity contribution is 5.86. The van der Waals surface area contributed by atoms with Gasteiger partial charge in [0.05, 0.1) is 12.3 Å². The van der Waals surface area contributed by atoms with Crippen LogP contribution in [0.25, 0.3) is 0 Å². The lowest BCUT2D eigenvalue weighted by Crippen LogP contribution is -2.25. The van der Waals surface area contributed by atoms with E-state index in [4.69, 9.17) is 10.3 Å². The number of rotatable bonds is 2. The van der Waals surface area contributed by atoms with Crippen molar-refractivity contribution < 1.29 is 10.3 Å². The van der Waals surface area contributed by atoms with Crippen molar-refractivity contribution in [2.75, 3.05) is 6.61 Å². The molecule has 0 bridgehead atoms. The summed E-state index contributed by atoms with van der Waals surface area (Å²) in [7, 11) is 0. The lowest BCUT2D eigenvalue weighted by Gasteiger charge is -2.19.